The largest absolute Gasteiger partial charge is 0.439 e. The molecule has 0 atom stereocenters. The summed E-state index contributed by atoms with van der Waals surface area (Å²) in [6, 6.07) is 6.81. The van der Waals surface area contributed by atoms with Crippen LogP contribution < -0.4 is 10.1 Å². The van der Waals surface area contributed by atoms with Crippen molar-refractivity contribution in [2.75, 3.05) is 18.1 Å². The summed E-state index contributed by atoms with van der Waals surface area (Å²) in [6.45, 7) is 2.78. The van der Waals surface area contributed by atoms with Gasteiger partial charge in [0.25, 0.3) is 0 Å². The second kappa shape index (κ2) is 7.02. The standard InChI is InChI=1S/C13H13Cl2N3OS/c1-3-16-11-7-12(18-13(17-11)20-2)19-8-4-5-9(14)10(15)6-8/h4-7H,3H2,1-2H3,(H,16,17,18). The molecule has 0 aliphatic rings. The van der Waals surface area contributed by atoms with Crippen molar-refractivity contribution in [2.24, 2.45) is 0 Å². The Morgan fingerprint density at radius 1 is 1.20 bits per heavy atom. The molecule has 2 aromatic rings. The maximum atomic E-state index is 5.96. The third kappa shape index (κ3) is 3.91. The molecule has 0 saturated heterocycles. The molecule has 0 aliphatic heterocycles. The first-order valence-electron chi connectivity index (χ1n) is 5.92. The summed E-state index contributed by atoms with van der Waals surface area (Å²) in [5, 5.41) is 4.70. The minimum absolute atomic E-state index is 0.440. The van der Waals surface area contributed by atoms with Crippen LogP contribution in [-0.2, 0) is 0 Å². The average molecular weight is 330 g/mol. The van der Waals surface area contributed by atoms with Crippen LogP contribution in [0.2, 0.25) is 10.0 Å². The summed E-state index contributed by atoms with van der Waals surface area (Å²) in [4.78, 5) is 8.62. The zero-order valence-corrected chi connectivity index (χ0v) is 13.3. The fraction of sp³-hybridized carbons (Fsp3) is 0.231. The van der Waals surface area contributed by atoms with Crippen LogP contribution in [0.25, 0.3) is 0 Å². The van der Waals surface area contributed by atoms with Gasteiger partial charge >= 0.3 is 0 Å². The Bertz CT molecular complexity index is 610. The molecule has 0 radical (unpaired) electrons. The number of nitrogens with one attached hydrogen (secondary N) is 1. The highest BCUT2D eigenvalue weighted by molar-refractivity contribution is 7.98. The van der Waals surface area contributed by atoms with Gasteiger partial charge in [-0.15, -0.1) is 0 Å². The Kier molecular flexibility index (Phi) is 5.34. The molecule has 7 heteroatoms. The molecule has 0 fully saturated rings. The molecule has 1 N–H and O–H groups in total. The van der Waals surface area contributed by atoms with Crippen molar-refractivity contribution in [2.45, 2.75) is 12.1 Å². The molecule has 106 valence electrons. The third-order valence-electron chi connectivity index (χ3n) is 2.34. The monoisotopic (exact) mass is 329 g/mol. The maximum Gasteiger partial charge on any atom is 0.225 e. The van der Waals surface area contributed by atoms with Gasteiger partial charge in [0.2, 0.25) is 5.88 Å². The van der Waals surface area contributed by atoms with Gasteiger partial charge in [-0.25, -0.2) is 4.98 Å². The van der Waals surface area contributed by atoms with Crippen LogP contribution in [0.15, 0.2) is 29.4 Å². The molecule has 2 rings (SSSR count). The molecule has 1 heterocycles. The van der Waals surface area contributed by atoms with Gasteiger partial charge in [0.05, 0.1) is 10.0 Å². The number of halogens is 2. The van der Waals surface area contributed by atoms with E-state index in [0.717, 1.165) is 12.4 Å². The Balaban J connectivity index is 2.27. The first kappa shape index (κ1) is 15.2. The van der Waals surface area contributed by atoms with E-state index in [9.17, 15) is 0 Å². The minimum Gasteiger partial charge on any atom is -0.439 e. The molecule has 0 aliphatic carbocycles. The van der Waals surface area contributed by atoms with Gasteiger partial charge in [-0.2, -0.15) is 4.98 Å². The first-order chi connectivity index (χ1) is 9.62. The van der Waals surface area contributed by atoms with E-state index in [-0.39, 0.29) is 0 Å². The number of benzene rings is 1. The third-order valence-corrected chi connectivity index (χ3v) is 3.62. The van der Waals surface area contributed by atoms with Crippen molar-refractivity contribution in [3.8, 4) is 11.6 Å². The topological polar surface area (TPSA) is 47.0 Å². The normalized spacial score (nSPS) is 10.4. The van der Waals surface area contributed by atoms with Crippen molar-refractivity contribution in [1.82, 2.24) is 9.97 Å². The molecular weight excluding hydrogens is 317 g/mol. The van der Waals surface area contributed by atoms with E-state index in [0.29, 0.717) is 26.8 Å². The SMILES string of the molecule is CCNc1cc(Oc2ccc(Cl)c(Cl)c2)nc(SC)n1. The van der Waals surface area contributed by atoms with E-state index in [4.69, 9.17) is 27.9 Å². The summed E-state index contributed by atoms with van der Waals surface area (Å²) in [5.74, 6) is 1.76. The number of ether oxygens (including phenoxy) is 1. The minimum atomic E-state index is 0.440. The lowest BCUT2D eigenvalue weighted by Gasteiger charge is -2.09. The molecule has 4 nitrogen and oxygen atoms in total. The zero-order chi connectivity index (χ0) is 14.5. The predicted octanol–water partition coefficient (Wildman–Crippen LogP) is 4.73. The number of nitrogens with zero attached hydrogens (tertiary/aromatic N) is 2. The number of hydrogen-bond acceptors (Lipinski definition) is 5. The maximum absolute atomic E-state index is 5.96. The number of anilines is 1. The molecule has 0 bridgehead atoms. The highest BCUT2D eigenvalue weighted by Crippen LogP contribution is 2.30. The van der Waals surface area contributed by atoms with Crippen molar-refractivity contribution >= 4 is 40.8 Å². The van der Waals surface area contributed by atoms with Gasteiger partial charge in [0.1, 0.15) is 11.6 Å². The highest BCUT2D eigenvalue weighted by Gasteiger charge is 2.07. The summed E-state index contributed by atoms with van der Waals surface area (Å²) >= 11 is 13.3. The van der Waals surface area contributed by atoms with Crippen LogP contribution in [-0.4, -0.2) is 22.8 Å². The Morgan fingerprint density at radius 3 is 2.65 bits per heavy atom. The molecule has 1 aromatic carbocycles. The van der Waals surface area contributed by atoms with Crippen molar-refractivity contribution in [3.63, 3.8) is 0 Å². The number of rotatable bonds is 5. The van der Waals surface area contributed by atoms with Crippen LogP contribution in [0.4, 0.5) is 5.82 Å². The van der Waals surface area contributed by atoms with Crippen molar-refractivity contribution in [3.05, 3.63) is 34.3 Å². The summed E-state index contributed by atoms with van der Waals surface area (Å²) < 4.78 is 5.70. The lowest BCUT2D eigenvalue weighted by atomic mass is 10.3. The quantitative estimate of drug-likeness (QED) is 0.634. The van der Waals surface area contributed by atoms with Gasteiger partial charge in [0.15, 0.2) is 5.16 Å². The Morgan fingerprint density at radius 2 is 2.00 bits per heavy atom. The molecule has 0 saturated carbocycles. The van der Waals surface area contributed by atoms with E-state index >= 15 is 0 Å². The zero-order valence-electron chi connectivity index (χ0n) is 11.0. The predicted molar refractivity (Wildman–Crippen MR) is 84.5 cm³/mol. The molecule has 0 unspecified atom stereocenters. The molecule has 0 spiro atoms. The second-order valence-electron chi connectivity index (χ2n) is 3.79. The van der Waals surface area contributed by atoms with E-state index in [1.54, 1.807) is 24.3 Å². The lowest BCUT2D eigenvalue weighted by Crippen LogP contribution is -2.02. The van der Waals surface area contributed by atoms with E-state index < -0.39 is 0 Å². The van der Waals surface area contributed by atoms with E-state index in [2.05, 4.69) is 15.3 Å². The van der Waals surface area contributed by atoms with Gasteiger partial charge in [-0.3, -0.25) is 0 Å². The molecule has 1 aromatic heterocycles. The van der Waals surface area contributed by atoms with Gasteiger partial charge in [-0.1, -0.05) is 35.0 Å². The summed E-state index contributed by atoms with van der Waals surface area (Å²) in [6.07, 6.45) is 1.91. The Labute approximate surface area is 131 Å². The smallest absolute Gasteiger partial charge is 0.225 e. The number of hydrogen-bond donors (Lipinski definition) is 1. The Hall–Kier alpha value is -1.17. The first-order valence-corrected chi connectivity index (χ1v) is 7.90. The van der Waals surface area contributed by atoms with E-state index in [1.165, 1.54) is 11.8 Å². The van der Waals surface area contributed by atoms with Crippen molar-refractivity contribution < 1.29 is 4.74 Å². The van der Waals surface area contributed by atoms with Crippen LogP contribution in [0.5, 0.6) is 11.6 Å². The fourth-order valence-electron chi connectivity index (χ4n) is 1.48. The van der Waals surface area contributed by atoms with Crippen LogP contribution in [0, 0.1) is 0 Å². The summed E-state index contributed by atoms with van der Waals surface area (Å²) in [7, 11) is 0. The van der Waals surface area contributed by atoms with Gasteiger partial charge < -0.3 is 10.1 Å². The molecular formula is C13H13Cl2N3OS. The highest BCUT2D eigenvalue weighted by atomic mass is 35.5. The average Bonchev–Trinajstić information content (AvgIpc) is 2.43. The number of thioether (sulfide) groups is 1. The van der Waals surface area contributed by atoms with Crippen LogP contribution in [0.1, 0.15) is 6.92 Å². The lowest BCUT2D eigenvalue weighted by molar-refractivity contribution is 0.456. The van der Waals surface area contributed by atoms with Gasteiger partial charge in [0, 0.05) is 18.7 Å². The number of aromatic nitrogens is 2. The van der Waals surface area contributed by atoms with E-state index in [1.807, 2.05) is 13.2 Å². The van der Waals surface area contributed by atoms with Gasteiger partial charge in [-0.05, 0) is 25.3 Å². The summed E-state index contributed by atoms with van der Waals surface area (Å²) in [5.41, 5.74) is 0. The van der Waals surface area contributed by atoms with Crippen LogP contribution in [0.3, 0.4) is 0 Å². The van der Waals surface area contributed by atoms with Crippen molar-refractivity contribution in [1.29, 1.82) is 0 Å². The molecule has 20 heavy (non-hydrogen) atoms. The second-order valence-corrected chi connectivity index (χ2v) is 5.37. The fourth-order valence-corrected chi connectivity index (χ4v) is 2.14. The molecule has 0 amide bonds. The van der Waals surface area contributed by atoms with Crippen LogP contribution >= 0.6 is 35.0 Å².